The highest BCUT2D eigenvalue weighted by atomic mass is 15.3. The fourth-order valence-corrected chi connectivity index (χ4v) is 2.89. The van der Waals surface area contributed by atoms with Crippen LogP contribution in [0.4, 0.5) is 5.82 Å². The van der Waals surface area contributed by atoms with Crippen LogP contribution in [0.1, 0.15) is 17.1 Å². The molecule has 0 saturated heterocycles. The normalized spacial score (nSPS) is 10.5. The topological polar surface area (TPSA) is 98.3 Å². The van der Waals surface area contributed by atoms with Crippen LogP contribution in [0, 0.1) is 31.0 Å². The number of pyridine rings is 2. The van der Waals surface area contributed by atoms with Crippen LogP contribution in [-0.4, -0.2) is 29.5 Å². The smallest absolute Gasteiger partial charge is 0.359 e. The molecule has 0 aliphatic rings. The first-order chi connectivity index (χ1) is 15.1. The molecule has 0 aliphatic heterocycles. The zero-order valence-electron chi connectivity index (χ0n) is 15.7. The maximum Gasteiger partial charge on any atom is 0.572 e. The van der Waals surface area contributed by atoms with E-state index in [2.05, 4.69) is 34.7 Å². The Kier molecular flexibility index (Phi) is 4.66. The maximum atomic E-state index is 8.99. The number of hydrogen-bond donors (Lipinski definition) is 0. The first-order valence-corrected chi connectivity index (χ1v) is 8.75. The standard InChI is InChI=1S/C21H10N10/c1-23-18-11-13-31(29-18)20-9-5-7-17(27-20)21(24-2,25-3)16-6-4-8-19(26-16)30-12-10-15(14-22)28-30/h4-13H. The van der Waals surface area contributed by atoms with E-state index in [-0.39, 0.29) is 22.9 Å². The van der Waals surface area contributed by atoms with Gasteiger partial charge < -0.3 is 4.85 Å². The van der Waals surface area contributed by atoms with Crippen molar-refractivity contribution in [3.05, 3.63) is 112 Å². The number of rotatable bonds is 4. The van der Waals surface area contributed by atoms with E-state index in [0.717, 1.165) is 0 Å². The molecule has 0 amide bonds. The van der Waals surface area contributed by atoms with Gasteiger partial charge in [-0.1, -0.05) is 18.7 Å². The Hall–Kier alpha value is -5.32. The van der Waals surface area contributed by atoms with Gasteiger partial charge in [0.15, 0.2) is 17.3 Å². The summed E-state index contributed by atoms with van der Waals surface area (Å²) in [6, 6.07) is 14.8. The van der Waals surface area contributed by atoms with E-state index in [0.29, 0.717) is 11.6 Å². The summed E-state index contributed by atoms with van der Waals surface area (Å²) in [5.74, 6) is 0.936. The summed E-state index contributed by atoms with van der Waals surface area (Å²) in [4.78, 5) is 19.4. The Morgan fingerprint density at radius 3 is 1.87 bits per heavy atom. The van der Waals surface area contributed by atoms with Gasteiger partial charge in [-0.25, -0.2) is 37.5 Å². The van der Waals surface area contributed by atoms with E-state index >= 15 is 0 Å². The lowest BCUT2D eigenvalue weighted by Crippen LogP contribution is -2.23. The van der Waals surface area contributed by atoms with Gasteiger partial charge in [-0.05, 0) is 41.5 Å². The fraction of sp³-hybridized carbons (Fsp3) is 0.0476. The zero-order valence-corrected chi connectivity index (χ0v) is 15.7. The van der Waals surface area contributed by atoms with Crippen LogP contribution in [0.25, 0.3) is 26.2 Å². The quantitative estimate of drug-likeness (QED) is 0.488. The van der Waals surface area contributed by atoms with Gasteiger partial charge in [0.05, 0.1) is 0 Å². The molecule has 0 radical (unpaired) electrons. The summed E-state index contributed by atoms with van der Waals surface area (Å²) in [7, 11) is 0. The summed E-state index contributed by atoms with van der Waals surface area (Å²) in [6.45, 7) is 22.7. The molecule has 0 spiro atoms. The van der Waals surface area contributed by atoms with E-state index in [1.807, 2.05) is 6.07 Å². The Bertz CT molecular complexity index is 1340. The van der Waals surface area contributed by atoms with Crippen molar-refractivity contribution in [1.82, 2.24) is 29.5 Å². The fourth-order valence-electron chi connectivity index (χ4n) is 2.89. The van der Waals surface area contributed by atoms with Crippen LogP contribution in [0.3, 0.4) is 0 Å². The van der Waals surface area contributed by atoms with Gasteiger partial charge in [0.1, 0.15) is 6.07 Å². The Morgan fingerprint density at radius 2 is 1.39 bits per heavy atom. The van der Waals surface area contributed by atoms with Crippen molar-refractivity contribution in [3.63, 3.8) is 0 Å². The molecule has 4 aromatic rings. The molecule has 4 heterocycles. The van der Waals surface area contributed by atoms with Crippen molar-refractivity contribution in [2.24, 2.45) is 0 Å². The van der Waals surface area contributed by atoms with Gasteiger partial charge in [0.25, 0.3) is 5.82 Å². The van der Waals surface area contributed by atoms with Crippen LogP contribution in [0.2, 0.25) is 0 Å². The number of nitrogens with zero attached hydrogens (tertiary/aromatic N) is 10. The predicted octanol–water partition coefficient (Wildman–Crippen LogP) is 3.31. The van der Waals surface area contributed by atoms with Gasteiger partial charge in [0.2, 0.25) is 11.4 Å². The van der Waals surface area contributed by atoms with Crippen molar-refractivity contribution < 1.29 is 0 Å². The lowest BCUT2D eigenvalue weighted by Gasteiger charge is -2.11. The molecule has 10 nitrogen and oxygen atoms in total. The Balaban J connectivity index is 1.82. The molecule has 144 valence electrons. The minimum atomic E-state index is -1.83. The third-order valence-corrected chi connectivity index (χ3v) is 4.37. The van der Waals surface area contributed by atoms with Crippen molar-refractivity contribution in [1.29, 1.82) is 5.26 Å². The minimum Gasteiger partial charge on any atom is -0.359 e. The molecule has 0 atom stereocenters. The summed E-state index contributed by atoms with van der Waals surface area (Å²) in [5.41, 5.74) is -1.25. The molecule has 10 heteroatoms. The van der Waals surface area contributed by atoms with E-state index in [1.165, 1.54) is 15.4 Å². The molecule has 0 bridgehead atoms. The van der Waals surface area contributed by atoms with E-state index in [1.54, 1.807) is 54.9 Å². The second-order valence-corrected chi connectivity index (χ2v) is 6.15. The van der Waals surface area contributed by atoms with Gasteiger partial charge in [0, 0.05) is 12.4 Å². The van der Waals surface area contributed by atoms with Crippen molar-refractivity contribution >= 4 is 5.82 Å². The highest BCUT2D eigenvalue weighted by Crippen LogP contribution is 2.34. The lowest BCUT2D eigenvalue weighted by molar-refractivity contribution is 0.708. The highest BCUT2D eigenvalue weighted by Gasteiger charge is 2.52. The molecular formula is C21H10N10. The summed E-state index contributed by atoms with van der Waals surface area (Å²) in [5, 5.41) is 17.2. The van der Waals surface area contributed by atoms with E-state index in [4.69, 9.17) is 25.0 Å². The largest absolute Gasteiger partial charge is 0.572 e. The van der Waals surface area contributed by atoms with E-state index in [9.17, 15) is 0 Å². The monoisotopic (exact) mass is 402 g/mol. The summed E-state index contributed by atoms with van der Waals surface area (Å²) in [6.07, 6.45) is 3.16. The van der Waals surface area contributed by atoms with E-state index < -0.39 is 5.66 Å². The molecule has 0 N–H and O–H groups in total. The lowest BCUT2D eigenvalue weighted by atomic mass is 10.0. The third kappa shape index (κ3) is 3.23. The Labute approximate surface area is 176 Å². The third-order valence-electron chi connectivity index (χ3n) is 4.37. The first kappa shape index (κ1) is 19.0. The van der Waals surface area contributed by atoms with Crippen LogP contribution >= 0.6 is 0 Å². The molecule has 4 rings (SSSR count). The van der Waals surface area contributed by atoms with Gasteiger partial charge in [-0.2, -0.15) is 10.4 Å². The Morgan fingerprint density at radius 1 is 0.806 bits per heavy atom. The first-order valence-electron chi connectivity index (χ1n) is 8.75. The summed E-state index contributed by atoms with van der Waals surface area (Å²) < 4.78 is 2.81. The van der Waals surface area contributed by atoms with Gasteiger partial charge in [-0.3, -0.25) is 0 Å². The molecule has 0 unspecified atom stereocenters. The molecule has 0 aromatic carbocycles. The molecular weight excluding hydrogens is 392 g/mol. The second-order valence-electron chi connectivity index (χ2n) is 6.15. The highest BCUT2D eigenvalue weighted by molar-refractivity contribution is 5.43. The molecule has 0 fully saturated rings. The van der Waals surface area contributed by atoms with Crippen LogP contribution in [0.5, 0.6) is 0 Å². The maximum absolute atomic E-state index is 8.99. The van der Waals surface area contributed by atoms with Crippen molar-refractivity contribution in [3.8, 4) is 17.7 Å². The average molecular weight is 402 g/mol. The summed E-state index contributed by atoms with van der Waals surface area (Å²) >= 11 is 0. The van der Waals surface area contributed by atoms with Crippen LogP contribution in [0.15, 0.2) is 60.9 Å². The number of nitriles is 1. The molecule has 0 saturated carbocycles. The average Bonchev–Trinajstić information content (AvgIpc) is 3.51. The molecule has 31 heavy (non-hydrogen) atoms. The van der Waals surface area contributed by atoms with Crippen LogP contribution in [-0.2, 0) is 5.66 Å². The minimum absolute atomic E-state index is 0.177. The molecule has 4 aromatic heterocycles. The predicted molar refractivity (Wildman–Crippen MR) is 108 cm³/mol. The van der Waals surface area contributed by atoms with Crippen molar-refractivity contribution in [2.45, 2.75) is 5.66 Å². The van der Waals surface area contributed by atoms with Gasteiger partial charge in [-0.15, -0.1) is 4.68 Å². The zero-order chi connectivity index (χ0) is 21.8. The number of aromatic nitrogens is 6. The molecule has 0 aliphatic carbocycles. The van der Waals surface area contributed by atoms with Crippen LogP contribution < -0.4 is 0 Å². The van der Waals surface area contributed by atoms with Gasteiger partial charge >= 0.3 is 5.66 Å². The van der Waals surface area contributed by atoms with Crippen molar-refractivity contribution in [2.75, 3.05) is 0 Å². The number of hydrogen-bond acceptors (Lipinski definition) is 5. The SMILES string of the molecule is [C-]#[N+]c1ccn(-c2cccc(C([N+]#[C-])([N+]#[C-])c3cccc(-n4ccc(C#N)n4)n3)n2)n1. The second kappa shape index (κ2) is 7.60.